The van der Waals surface area contributed by atoms with Crippen molar-refractivity contribution in [3.05, 3.63) is 53.9 Å². The van der Waals surface area contributed by atoms with E-state index in [0.29, 0.717) is 24.5 Å². The fourth-order valence-electron chi connectivity index (χ4n) is 5.23. The lowest BCUT2D eigenvalue weighted by Crippen LogP contribution is -2.44. The van der Waals surface area contributed by atoms with Crippen molar-refractivity contribution < 1.29 is 23.9 Å². The topological polar surface area (TPSA) is 125 Å². The van der Waals surface area contributed by atoms with Crippen LogP contribution in [-0.2, 0) is 16.0 Å². The quantitative estimate of drug-likeness (QED) is 0.304. The molecule has 4 rings (SSSR count). The van der Waals surface area contributed by atoms with Gasteiger partial charge in [-0.2, -0.15) is 0 Å². The number of pyridine rings is 1. The summed E-state index contributed by atoms with van der Waals surface area (Å²) in [4.78, 5) is 47.2. The Morgan fingerprint density at radius 2 is 1.70 bits per heavy atom. The molecular weight excluding hydrogens is 548 g/mol. The number of nitrogens with zero attached hydrogens (tertiary/aromatic N) is 3. The van der Waals surface area contributed by atoms with Gasteiger partial charge in [-0.15, -0.1) is 0 Å². The van der Waals surface area contributed by atoms with Crippen molar-refractivity contribution in [3.8, 4) is 0 Å². The highest BCUT2D eigenvalue weighted by atomic mass is 16.6. The summed E-state index contributed by atoms with van der Waals surface area (Å²) in [5.41, 5.74) is 1.26. The third-order valence-corrected chi connectivity index (χ3v) is 7.47. The van der Waals surface area contributed by atoms with Crippen LogP contribution in [0.5, 0.6) is 0 Å². The van der Waals surface area contributed by atoms with Crippen molar-refractivity contribution in [2.45, 2.75) is 77.5 Å². The van der Waals surface area contributed by atoms with E-state index < -0.39 is 17.6 Å². The second kappa shape index (κ2) is 15.7. The van der Waals surface area contributed by atoms with Crippen molar-refractivity contribution >= 4 is 29.4 Å². The smallest absolute Gasteiger partial charge is 0.412 e. The van der Waals surface area contributed by atoms with Crippen LogP contribution >= 0.6 is 0 Å². The van der Waals surface area contributed by atoms with Crippen LogP contribution in [0.4, 0.5) is 21.0 Å². The third-order valence-electron chi connectivity index (χ3n) is 7.47. The summed E-state index contributed by atoms with van der Waals surface area (Å²) in [6.45, 7) is 10.9. The number of amides is 4. The first-order valence-electron chi connectivity index (χ1n) is 15.4. The summed E-state index contributed by atoms with van der Waals surface area (Å²) in [6, 6.07) is 10.6. The molecule has 1 aliphatic carbocycles. The van der Waals surface area contributed by atoms with Crippen LogP contribution in [0.3, 0.4) is 0 Å². The lowest BCUT2D eigenvalue weighted by Gasteiger charge is -2.28. The molecule has 2 aliphatic rings. The second-order valence-electron chi connectivity index (χ2n) is 12.2. The van der Waals surface area contributed by atoms with Gasteiger partial charge in [0.2, 0.25) is 0 Å². The molecule has 2 heterocycles. The molecule has 1 aliphatic heterocycles. The third kappa shape index (κ3) is 10.8. The summed E-state index contributed by atoms with van der Waals surface area (Å²) in [6.07, 6.45) is 7.30. The maximum absolute atomic E-state index is 13.2. The van der Waals surface area contributed by atoms with E-state index in [1.54, 1.807) is 57.3 Å². The molecule has 1 aromatic carbocycles. The first kappa shape index (κ1) is 32.2. The lowest BCUT2D eigenvalue weighted by molar-refractivity contribution is 0.0369. The second-order valence-corrected chi connectivity index (χ2v) is 12.2. The van der Waals surface area contributed by atoms with Gasteiger partial charge >= 0.3 is 12.1 Å². The van der Waals surface area contributed by atoms with E-state index >= 15 is 0 Å². The Bertz CT molecular complexity index is 1200. The molecule has 1 saturated carbocycles. The van der Waals surface area contributed by atoms with Gasteiger partial charge in [0.05, 0.1) is 24.6 Å². The number of unbranched alkanes of at least 4 members (excludes halogenated alkanes) is 1. The number of benzene rings is 1. The Labute approximate surface area is 254 Å². The summed E-state index contributed by atoms with van der Waals surface area (Å²) >= 11 is 0. The zero-order valence-corrected chi connectivity index (χ0v) is 25.7. The number of carbonyl (C=O) groups is 3. The van der Waals surface area contributed by atoms with Gasteiger partial charge in [0.25, 0.3) is 5.91 Å². The number of nitrogens with one attached hydrogen (secondary N) is 3. The number of aromatic nitrogens is 1. The number of hydrogen-bond acceptors (Lipinski definition) is 7. The highest BCUT2D eigenvalue weighted by Crippen LogP contribution is 2.23. The first-order chi connectivity index (χ1) is 20.7. The number of anilines is 2. The predicted molar refractivity (Wildman–Crippen MR) is 166 cm³/mol. The summed E-state index contributed by atoms with van der Waals surface area (Å²) in [5.74, 6) is -0.413. The van der Waals surface area contributed by atoms with Crippen LogP contribution in [0.2, 0.25) is 0 Å². The number of morpholine rings is 1. The van der Waals surface area contributed by atoms with Crippen molar-refractivity contribution in [1.29, 1.82) is 0 Å². The Morgan fingerprint density at radius 3 is 2.35 bits per heavy atom. The van der Waals surface area contributed by atoms with Gasteiger partial charge in [-0.3, -0.25) is 20.0 Å². The monoisotopic (exact) mass is 594 g/mol. The van der Waals surface area contributed by atoms with Gasteiger partial charge in [-0.1, -0.05) is 31.0 Å². The van der Waals surface area contributed by atoms with E-state index in [1.807, 2.05) is 11.0 Å². The van der Waals surface area contributed by atoms with E-state index in [4.69, 9.17) is 9.47 Å². The van der Waals surface area contributed by atoms with Gasteiger partial charge in [-0.05, 0) is 76.8 Å². The molecule has 234 valence electrons. The normalized spacial score (nSPS) is 16.0. The van der Waals surface area contributed by atoms with Crippen molar-refractivity contribution in [2.24, 2.45) is 0 Å². The molecule has 0 unspecified atom stereocenters. The minimum absolute atomic E-state index is 0.0470. The maximum Gasteiger partial charge on any atom is 0.412 e. The zero-order valence-electron chi connectivity index (χ0n) is 25.7. The SMILES string of the molecule is CC(C)(C)OC(=O)Nc1ccccc1NC(=O)c1ccc(CN(CCCCN2CCOCC2)C(=O)NC2CCCC2)cn1. The molecule has 11 heteroatoms. The number of para-hydroxylation sites is 2. The summed E-state index contributed by atoms with van der Waals surface area (Å²) < 4.78 is 10.8. The average Bonchev–Trinajstić information content (AvgIpc) is 3.48. The molecule has 11 nitrogen and oxygen atoms in total. The number of ether oxygens (including phenoxy) is 2. The molecule has 2 aromatic rings. The van der Waals surface area contributed by atoms with Gasteiger partial charge in [0.15, 0.2) is 0 Å². The maximum atomic E-state index is 13.2. The van der Waals surface area contributed by atoms with Crippen molar-refractivity contribution in [3.63, 3.8) is 0 Å². The number of carbonyl (C=O) groups excluding carboxylic acids is 3. The predicted octanol–water partition coefficient (Wildman–Crippen LogP) is 5.25. The molecule has 0 spiro atoms. The van der Waals surface area contributed by atoms with E-state index in [9.17, 15) is 14.4 Å². The van der Waals surface area contributed by atoms with Crippen LogP contribution in [0, 0.1) is 0 Å². The van der Waals surface area contributed by atoms with Crippen LogP contribution in [0.1, 0.15) is 75.3 Å². The van der Waals surface area contributed by atoms with Crippen molar-refractivity contribution in [1.82, 2.24) is 20.1 Å². The van der Waals surface area contributed by atoms with E-state index in [2.05, 4.69) is 25.8 Å². The Kier molecular flexibility index (Phi) is 11.7. The van der Waals surface area contributed by atoms with Gasteiger partial charge < -0.3 is 25.0 Å². The molecule has 1 saturated heterocycles. The molecule has 2 fully saturated rings. The highest BCUT2D eigenvalue weighted by Gasteiger charge is 2.22. The largest absolute Gasteiger partial charge is 0.444 e. The molecule has 0 bridgehead atoms. The molecule has 43 heavy (non-hydrogen) atoms. The Morgan fingerprint density at radius 1 is 1.00 bits per heavy atom. The Hall–Kier alpha value is -3.70. The van der Waals surface area contributed by atoms with Crippen molar-refractivity contribution in [2.75, 3.05) is 50.0 Å². The molecule has 1 aromatic heterocycles. The average molecular weight is 595 g/mol. The zero-order chi connectivity index (χ0) is 30.7. The van der Waals surface area contributed by atoms with Crippen LogP contribution in [0.15, 0.2) is 42.6 Å². The van der Waals surface area contributed by atoms with Crippen LogP contribution < -0.4 is 16.0 Å². The highest BCUT2D eigenvalue weighted by molar-refractivity contribution is 6.05. The lowest BCUT2D eigenvalue weighted by atomic mass is 10.2. The molecule has 3 N–H and O–H groups in total. The minimum Gasteiger partial charge on any atom is -0.444 e. The van der Waals surface area contributed by atoms with Crippen LogP contribution in [0.25, 0.3) is 0 Å². The van der Waals surface area contributed by atoms with E-state index in [0.717, 1.165) is 76.9 Å². The van der Waals surface area contributed by atoms with Gasteiger partial charge in [0.1, 0.15) is 11.3 Å². The standard InChI is InChI=1S/C32H46N6O5/c1-32(2,3)43-31(41)36-27-13-7-6-12-26(27)35-29(39)28-15-14-24(22-33-28)23-38(30(40)34-25-10-4-5-11-25)17-9-8-16-37-18-20-42-21-19-37/h6-7,12-15,22,25H,4-5,8-11,16-21,23H2,1-3H3,(H,34,40)(H,35,39)(H,36,41). The number of urea groups is 1. The first-order valence-corrected chi connectivity index (χ1v) is 15.4. The van der Waals surface area contributed by atoms with Gasteiger partial charge in [-0.25, -0.2) is 9.59 Å². The van der Waals surface area contributed by atoms with E-state index in [-0.39, 0.29) is 17.8 Å². The summed E-state index contributed by atoms with van der Waals surface area (Å²) in [7, 11) is 0. The van der Waals surface area contributed by atoms with Gasteiger partial charge in [0, 0.05) is 38.4 Å². The van der Waals surface area contributed by atoms with E-state index in [1.165, 1.54) is 0 Å². The fourth-order valence-corrected chi connectivity index (χ4v) is 5.23. The molecule has 4 amide bonds. The number of rotatable bonds is 11. The summed E-state index contributed by atoms with van der Waals surface area (Å²) in [5, 5.41) is 8.71. The Balaban J connectivity index is 1.34. The minimum atomic E-state index is -0.649. The molecular formula is C32H46N6O5. The fraction of sp³-hybridized carbons (Fsp3) is 0.562. The number of hydrogen-bond donors (Lipinski definition) is 3. The van der Waals surface area contributed by atoms with Crippen LogP contribution in [-0.4, -0.2) is 83.9 Å². The molecule has 0 atom stereocenters. The molecule has 0 radical (unpaired) electrons.